The summed E-state index contributed by atoms with van der Waals surface area (Å²) in [5, 5.41) is 5.82. The van der Waals surface area contributed by atoms with Crippen LogP contribution in [0.25, 0.3) is 0 Å². The summed E-state index contributed by atoms with van der Waals surface area (Å²) in [5.41, 5.74) is 1.12. The van der Waals surface area contributed by atoms with Crippen molar-refractivity contribution in [3.05, 3.63) is 16.9 Å². The molecule has 0 unspecified atom stereocenters. The van der Waals surface area contributed by atoms with Crippen molar-refractivity contribution in [3.8, 4) is 0 Å². The van der Waals surface area contributed by atoms with E-state index in [2.05, 4.69) is 28.0 Å². The Labute approximate surface area is 79.7 Å². The minimum atomic E-state index is 0.770. The smallest absolute Gasteiger partial charge is 0.0818 e. The molecule has 0 atom stereocenters. The predicted octanol–water partition coefficient (Wildman–Crippen LogP) is 2.49. The van der Waals surface area contributed by atoms with Gasteiger partial charge in [0.25, 0.3) is 0 Å². The molecule has 0 radical (unpaired) electrons. The fraction of sp³-hybridized carbons (Fsp3) is 0.571. The molecule has 0 aliphatic heterocycles. The maximum atomic E-state index is 5.90. The lowest BCUT2D eigenvalue weighted by Crippen LogP contribution is -2.03. The third-order valence-corrected chi connectivity index (χ3v) is 2.24. The molecule has 1 rings (SSSR count). The summed E-state index contributed by atoms with van der Waals surface area (Å²) in [6, 6.07) is 0. The van der Waals surface area contributed by atoms with Crippen LogP contribution in [0.5, 0.6) is 0 Å². The second kappa shape index (κ2) is 4.12. The summed E-state index contributed by atoms with van der Waals surface area (Å²) in [5.74, 6) is 0. The van der Waals surface area contributed by atoms with Crippen molar-refractivity contribution in [3.63, 3.8) is 0 Å². The Bertz CT molecular complexity index is 234. The van der Waals surface area contributed by atoms with Crippen LogP contribution in [0.3, 0.4) is 0 Å². The van der Waals surface area contributed by atoms with Crippen molar-refractivity contribution in [1.82, 2.24) is 9.78 Å². The Balaban J connectivity index is 2.88. The number of alkyl halides is 1. The van der Waals surface area contributed by atoms with E-state index in [1.807, 2.05) is 4.68 Å². The van der Waals surface area contributed by atoms with E-state index in [0.717, 1.165) is 29.0 Å². The SMILES string of the molecule is CCn1ncc(Cl)c1CCBr. The van der Waals surface area contributed by atoms with Crippen LogP contribution in [0.4, 0.5) is 0 Å². The van der Waals surface area contributed by atoms with E-state index < -0.39 is 0 Å². The average Bonchev–Trinajstić information content (AvgIpc) is 2.34. The van der Waals surface area contributed by atoms with E-state index in [1.165, 1.54) is 0 Å². The first-order chi connectivity index (χ1) is 5.29. The molecule has 1 aromatic heterocycles. The van der Waals surface area contributed by atoms with Gasteiger partial charge in [0, 0.05) is 18.3 Å². The number of rotatable bonds is 3. The van der Waals surface area contributed by atoms with Gasteiger partial charge in [-0.2, -0.15) is 5.10 Å². The lowest BCUT2D eigenvalue weighted by molar-refractivity contribution is 0.627. The van der Waals surface area contributed by atoms with Crippen molar-refractivity contribution in [2.45, 2.75) is 19.9 Å². The van der Waals surface area contributed by atoms with E-state index in [0.29, 0.717) is 0 Å². The fourth-order valence-corrected chi connectivity index (χ4v) is 1.61. The monoisotopic (exact) mass is 236 g/mol. The predicted molar refractivity (Wildman–Crippen MR) is 50.4 cm³/mol. The average molecular weight is 238 g/mol. The number of nitrogens with zero attached hydrogens (tertiary/aromatic N) is 2. The van der Waals surface area contributed by atoms with Gasteiger partial charge in [-0.3, -0.25) is 4.68 Å². The molecule has 2 nitrogen and oxygen atoms in total. The molecular weight excluding hydrogens is 227 g/mol. The van der Waals surface area contributed by atoms with Crippen LogP contribution in [-0.2, 0) is 13.0 Å². The summed E-state index contributed by atoms with van der Waals surface area (Å²) < 4.78 is 1.92. The minimum Gasteiger partial charge on any atom is -0.268 e. The molecule has 0 amide bonds. The van der Waals surface area contributed by atoms with Crippen molar-refractivity contribution < 1.29 is 0 Å². The molecule has 0 saturated heterocycles. The first-order valence-corrected chi connectivity index (χ1v) is 5.05. The third kappa shape index (κ3) is 1.97. The van der Waals surface area contributed by atoms with Gasteiger partial charge in [0.15, 0.2) is 0 Å². The van der Waals surface area contributed by atoms with Crippen LogP contribution >= 0.6 is 27.5 Å². The third-order valence-electron chi connectivity index (χ3n) is 1.53. The molecule has 0 saturated carbocycles. The highest BCUT2D eigenvalue weighted by atomic mass is 79.9. The zero-order valence-electron chi connectivity index (χ0n) is 6.35. The quantitative estimate of drug-likeness (QED) is 0.739. The van der Waals surface area contributed by atoms with Gasteiger partial charge in [-0.1, -0.05) is 27.5 Å². The lowest BCUT2D eigenvalue weighted by atomic mass is 10.3. The highest BCUT2D eigenvalue weighted by molar-refractivity contribution is 9.09. The second-order valence-corrected chi connectivity index (χ2v) is 3.39. The van der Waals surface area contributed by atoms with E-state index in [-0.39, 0.29) is 0 Å². The number of hydrogen-bond acceptors (Lipinski definition) is 1. The Morgan fingerprint density at radius 2 is 2.45 bits per heavy atom. The lowest BCUT2D eigenvalue weighted by Gasteiger charge is -2.01. The molecule has 0 fully saturated rings. The van der Waals surface area contributed by atoms with Crippen LogP contribution in [-0.4, -0.2) is 15.1 Å². The van der Waals surface area contributed by atoms with Crippen LogP contribution in [0.15, 0.2) is 6.20 Å². The first kappa shape index (κ1) is 9.07. The van der Waals surface area contributed by atoms with Gasteiger partial charge in [0.2, 0.25) is 0 Å². The van der Waals surface area contributed by atoms with E-state index in [9.17, 15) is 0 Å². The van der Waals surface area contributed by atoms with Crippen LogP contribution in [0.1, 0.15) is 12.6 Å². The van der Waals surface area contributed by atoms with Crippen molar-refractivity contribution in [1.29, 1.82) is 0 Å². The maximum Gasteiger partial charge on any atom is 0.0818 e. The fourth-order valence-electron chi connectivity index (χ4n) is 0.998. The molecule has 1 heterocycles. The number of aromatic nitrogens is 2. The van der Waals surface area contributed by atoms with E-state index in [1.54, 1.807) is 6.20 Å². The minimum absolute atomic E-state index is 0.770. The van der Waals surface area contributed by atoms with Crippen molar-refractivity contribution >= 4 is 27.5 Å². The van der Waals surface area contributed by atoms with E-state index >= 15 is 0 Å². The Morgan fingerprint density at radius 3 is 3.00 bits per heavy atom. The number of halogens is 2. The zero-order chi connectivity index (χ0) is 8.27. The van der Waals surface area contributed by atoms with Gasteiger partial charge in [0.05, 0.1) is 16.9 Å². The number of hydrogen-bond donors (Lipinski definition) is 0. The van der Waals surface area contributed by atoms with Crippen LogP contribution in [0.2, 0.25) is 5.02 Å². The molecular formula is C7H10BrClN2. The second-order valence-electron chi connectivity index (χ2n) is 2.19. The molecule has 11 heavy (non-hydrogen) atoms. The van der Waals surface area contributed by atoms with Crippen LogP contribution < -0.4 is 0 Å². The maximum absolute atomic E-state index is 5.90. The van der Waals surface area contributed by atoms with Gasteiger partial charge in [-0.05, 0) is 6.92 Å². The van der Waals surface area contributed by atoms with Gasteiger partial charge >= 0.3 is 0 Å². The Kier molecular flexibility index (Phi) is 3.40. The topological polar surface area (TPSA) is 17.8 Å². The highest BCUT2D eigenvalue weighted by Crippen LogP contribution is 2.15. The molecule has 4 heteroatoms. The van der Waals surface area contributed by atoms with Crippen molar-refractivity contribution in [2.24, 2.45) is 0 Å². The molecule has 0 aliphatic carbocycles. The van der Waals surface area contributed by atoms with Gasteiger partial charge in [0.1, 0.15) is 0 Å². The summed E-state index contributed by atoms with van der Waals surface area (Å²) in [7, 11) is 0. The summed E-state index contributed by atoms with van der Waals surface area (Å²) >= 11 is 9.27. The number of aryl methyl sites for hydroxylation is 1. The van der Waals surface area contributed by atoms with E-state index in [4.69, 9.17) is 11.6 Å². The standard InChI is InChI=1S/C7H10BrClN2/c1-2-11-7(3-4-8)6(9)5-10-11/h5H,2-4H2,1H3. The summed E-state index contributed by atoms with van der Waals surface area (Å²) in [4.78, 5) is 0. The Morgan fingerprint density at radius 1 is 1.73 bits per heavy atom. The summed E-state index contributed by atoms with van der Waals surface area (Å²) in [6.07, 6.45) is 2.63. The highest BCUT2D eigenvalue weighted by Gasteiger charge is 2.05. The largest absolute Gasteiger partial charge is 0.268 e. The molecule has 0 spiro atoms. The summed E-state index contributed by atoms with van der Waals surface area (Å²) in [6.45, 7) is 2.94. The molecule has 0 aromatic carbocycles. The van der Waals surface area contributed by atoms with Crippen LogP contribution in [0, 0.1) is 0 Å². The molecule has 0 bridgehead atoms. The molecule has 0 aliphatic rings. The van der Waals surface area contributed by atoms with Crippen molar-refractivity contribution in [2.75, 3.05) is 5.33 Å². The van der Waals surface area contributed by atoms with Gasteiger partial charge in [-0.15, -0.1) is 0 Å². The molecule has 1 aromatic rings. The normalized spacial score (nSPS) is 10.5. The molecule has 0 N–H and O–H groups in total. The first-order valence-electron chi connectivity index (χ1n) is 3.55. The zero-order valence-corrected chi connectivity index (χ0v) is 8.69. The molecule has 62 valence electrons. The van der Waals surface area contributed by atoms with Gasteiger partial charge in [-0.25, -0.2) is 0 Å². The Hall–Kier alpha value is -0.0200. The van der Waals surface area contributed by atoms with Gasteiger partial charge < -0.3 is 0 Å².